The summed E-state index contributed by atoms with van der Waals surface area (Å²) in [6, 6.07) is 4.02. The van der Waals surface area contributed by atoms with E-state index in [1.807, 2.05) is 11.0 Å². The Morgan fingerprint density at radius 2 is 2.43 bits per heavy atom. The molecule has 1 amide bonds. The minimum Gasteiger partial charge on any atom is -0.338 e. The second-order valence-corrected chi connectivity index (χ2v) is 6.63. The summed E-state index contributed by atoms with van der Waals surface area (Å²) in [5.74, 6) is 0.0289. The van der Waals surface area contributed by atoms with Gasteiger partial charge in [0.25, 0.3) is 5.91 Å². The molecule has 0 saturated carbocycles. The first-order chi connectivity index (χ1) is 10.2. The van der Waals surface area contributed by atoms with Crippen molar-refractivity contribution in [1.29, 1.82) is 5.26 Å². The number of nitrogens with one attached hydrogen (secondary N) is 1. The number of thiophene rings is 1. The Morgan fingerprint density at radius 3 is 3.14 bits per heavy atom. The number of amides is 1. The van der Waals surface area contributed by atoms with Crippen molar-refractivity contribution in [2.45, 2.75) is 23.5 Å². The Hall–Kier alpha value is -1.78. The molecule has 2 aromatic heterocycles. The third kappa shape index (κ3) is 2.57. The van der Waals surface area contributed by atoms with Gasteiger partial charge in [-0.15, -0.1) is 24.0 Å². The Labute approximate surface area is 132 Å². The number of unbranched alkanes of at least 4 members (excludes halogenated alkanes) is 1. The number of carbonyl (C=O) groups is 1. The van der Waals surface area contributed by atoms with Crippen molar-refractivity contribution < 1.29 is 4.79 Å². The summed E-state index contributed by atoms with van der Waals surface area (Å²) in [7, 11) is 0. The van der Waals surface area contributed by atoms with E-state index in [9.17, 15) is 4.79 Å². The lowest BCUT2D eigenvalue weighted by Gasteiger charge is -2.27. The van der Waals surface area contributed by atoms with Gasteiger partial charge in [0.05, 0.1) is 26.4 Å². The second-order valence-electron chi connectivity index (χ2n) is 4.86. The van der Waals surface area contributed by atoms with Gasteiger partial charge in [0, 0.05) is 25.7 Å². The third-order valence-electron chi connectivity index (χ3n) is 3.58. The SMILES string of the molecule is N#CCCCN1CCc2c(-c3ccn[nH]3)sc(S)c2C1=O. The molecule has 3 heterocycles. The van der Waals surface area contributed by atoms with Crippen molar-refractivity contribution in [2.24, 2.45) is 0 Å². The standard InChI is InChI=1S/C14H14N4OS2/c15-5-1-2-7-18-8-4-9-11(13(18)19)14(20)21-12(9)10-3-6-16-17-10/h3,6,20H,1-2,4,7-8H2,(H,16,17). The Bertz CT molecular complexity index is 699. The summed E-state index contributed by atoms with van der Waals surface area (Å²) in [5, 5.41) is 15.5. The number of aromatic amines is 1. The van der Waals surface area contributed by atoms with Gasteiger partial charge in [-0.05, 0) is 24.5 Å². The fourth-order valence-corrected chi connectivity index (χ4v) is 4.14. The van der Waals surface area contributed by atoms with Crippen molar-refractivity contribution >= 4 is 29.9 Å². The minimum absolute atomic E-state index is 0.0289. The van der Waals surface area contributed by atoms with Crippen LogP contribution in [-0.2, 0) is 6.42 Å². The Kier molecular flexibility index (Phi) is 3.99. The van der Waals surface area contributed by atoms with Crippen LogP contribution in [0.3, 0.4) is 0 Å². The van der Waals surface area contributed by atoms with Gasteiger partial charge in [-0.1, -0.05) is 0 Å². The van der Waals surface area contributed by atoms with E-state index in [4.69, 9.17) is 5.26 Å². The second kappa shape index (κ2) is 5.92. The molecule has 0 atom stereocenters. The number of hydrogen-bond donors (Lipinski definition) is 2. The number of fused-ring (bicyclic) bond motifs is 1. The van der Waals surface area contributed by atoms with Crippen LogP contribution in [0.1, 0.15) is 28.8 Å². The molecule has 0 radical (unpaired) electrons. The van der Waals surface area contributed by atoms with Crippen molar-refractivity contribution in [2.75, 3.05) is 13.1 Å². The van der Waals surface area contributed by atoms with E-state index < -0.39 is 0 Å². The highest BCUT2D eigenvalue weighted by Gasteiger charge is 2.30. The van der Waals surface area contributed by atoms with Gasteiger partial charge in [0.1, 0.15) is 0 Å². The topological polar surface area (TPSA) is 72.8 Å². The van der Waals surface area contributed by atoms with Gasteiger partial charge in [0.15, 0.2) is 0 Å². The molecule has 0 fully saturated rings. The summed E-state index contributed by atoms with van der Waals surface area (Å²) in [5.41, 5.74) is 2.72. The lowest BCUT2D eigenvalue weighted by atomic mass is 10.0. The van der Waals surface area contributed by atoms with Crippen LogP contribution >= 0.6 is 24.0 Å². The number of rotatable bonds is 4. The van der Waals surface area contributed by atoms with Crippen LogP contribution in [0.5, 0.6) is 0 Å². The molecule has 7 heteroatoms. The molecule has 108 valence electrons. The average Bonchev–Trinajstić information content (AvgIpc) is 3.09. The zero-order valence-electron chi connectivity index (χ0n) is 11.3. The normalized spacial score (nSPS) is 14.1. The number of hydrogen-bond acceptors (Lipinski definition) is 5. The van der Waals surface area contributed by atoms with Gasteiger partial charge in [-0.25, -0.2) is 0 Å². The van der Waals surface area contributed by atoms with E-state index in [0.717, 1.165) is 38.7 Å². The molecular formula is C14H14N4OS2. The molecule has 0 spiro atoms. The van der Waals surface area contributed by atoms with E-state index in [-0.39, 0.29) is 5.91 Å². The van der Waals surface area contributed by atoms with Crippen LogP contribution in [0, 0.1) is 11.3 Å². The van der Waals surface area contributed by atoms with Crippen LogP contribution in [0.4, 0.5) is 0 Å². The number of nitriles is 1. The zero-order valence-corrected chi connectivity index (χ0v) is 13.0. The molecule has 0 unspecified atom stereocenters. The lowest BCUT2D eigenvalue weighted by Crippen LogP contribution is -2.38. The molecular weight excluding hydrogens is 304 g/mol. The molecule has 21 heavy (non-hydrogen) atoms. The van der Waals surface area contributed by atoms with E-state index >= 15 is 0 Å². The maximum absolute atomic E-state index is 12.6. The number of carbonyl (C=O) groups excluding carboxylic acids is 1. The van der Waals surface area contributed by atoms with Crippen LogP contribution in [0.15, 0.2) is 16.5 Å². The highest BCUT2D eigenvalue weighted by atomic mass is 32.2. The van der Waals surface area contributed by atoms with Gasteiger partial charge in [-0.2, -0.15) is 10.4 Å². The molecule has 0 bridgehead atoms. The molecule has 0 aliphatic carbocycles. The fourth-order valence-electron chi connectivity index (χ4n) is 2.58. The predicted octanol–water partition coefficient (Wildman–Crippen LogP) is 2.73. The minimum atomic E-state index is 0.0289. The molecule has 1 aliphatic heterocycles. The van der Waals surface area contributed by atoms with Crippen LogP contribution < -0.4 is 0 Å². The number of thiol groups is 1. The largest absolute Gasteiger partial charge is 0.338 e. The molecule has 0 saturated heterocycles. The lowest BCUT2D eigenvalue weighted by molar-refractivity contribution is 0.0736. The quantitative estimate of drug-likeness (QED) is 0.672. The van der Waals surface area contributed by atoms with Gasteiger partial charge in [-0.3, -0.25) is 9.89 Å². The highest BCUT2D eigenvalue weighted by molar-refractivity contribution is 7.83. The number of H-pyrrole nitrogens is 1. The summed E-state index contributed by atoms with van der Waals surface area (Å²) < 4.78 is 0.754. The van der Waals surface area contributed by atoms with Gasteiger partial charge < -0.3 is 4.90 Å². The van der Waals surface area contributed by atoms with Gasteiger partial charge >= 0.3 is 0 Å². The van der Waals surface area contributed by atoms with Crippen molar-refractivity contribution in [3.63, 3.8) is 0 Å². The summed E-state index contributed by atoms with van der Waals surface area (Å²) >= 11 is 6.00. The first-order valence-electron chi connectivity index (χ1n) is 6.73. The Morgan fingerprint density at radius 1 is 1.57 bits per heavy atom. The van der Waals surface area contributed by atoms with E-state index in [0.29, 0.717) is 19.5 Å². The maximum Gasteiger partial charge on any atom is 0.256 e. The molecule has 5 nitrogen and oxygen atoms in total. The first-order valence-corrected chi connectivity index (χ1v) is 7.99. The molecule has 2 aromatic rings. The van der Waals surface area contributed by atoms with Crippen LogP contribution in [0.2, 0.25) is 0 Å². The fraction of sp³-hybridized carbons (Fsp3) is 0.357. The zero-order chi connectivity index (χ0) is 14.8. The van der Waals surface area contributed by atoms with Crippen molar-refractivity contribution in [1.82, 2.24) is 15.1 Å². The molecule has 1 N–H and O–H groups in total. The smallest absolute Gasteiger partial charge is 0.256 e. The van der Waals surface area contributed by atoms with E-state index in [2.05, 4.69) is 28.9 Å². The number of nitrogens with zero attached hydrogens (tertiary/aromatic N) is 3. The number of aromatic nitrogens is 2. The molecule has 3 rings (SSSR count). The molecule has 0 aromatic carbocycles. The van der Waals surface area contributed by atoms with Crippen molar-refractivity contribution in [3.8, 4) is 16.6 Å². The summed E-state index contributed by atoms with van der Waals surface area (Å²) in [6.45, 7) is 1.33. The maximum atomic E-state index is 12.6. The first kappa shape index (κ1) is 14.2. The average molecular weight is 318 g/mol. The van der Waals surface area contributed by atoms with E-state index in [1.54, 1.807) is 6.20 Å². The summed E-state index contributed by atoms with van der Waals surface area (Å²) in [4.78, 5) is 15.5. The van der Waals surface area contributed by atoms with Gasteiger partial charge in [0.2, 0.25) is 0 Å². The van der Waals surface area contributed by atoms with E-state index in [1.165, 1.54) is 11.3 Å². The predicted molar refractivity (Wildman–Crippen MR) is 83.6 cm³/mol. The van der Waals surface area contributed by atoms with Crippen LogP contribution in [0.25, 0.3) is 10.6 Å². The summed E-state index contributed by atoms with van der Waals surface area (Å²) in [6.07, 6.45) is 3.72. The monoisotopic (exact) mass is 318 g/mol. The van der Waals surface area contributed by atoms with Crippen LogP contribution in [-0.4, -0.2) is 34.1 Å². The highest BCUT2D eigenvalue weighted by Crippen LogP contribution is 2.40. The molecule has 1 aliphatic rings. The Balaban J connectivity index is 1.89. The van der Waals surface area contributed by atoms with Crippen molar-refractivity contribution in [3.05, 3.63) is 23.4 Å². The third-order valence-corrected chi connectivity index (χ3v) is 5.15.